The van der Waals surface area contributed by atoms with E-state index in [0.717, 1.165) is 11.3 Å². The molecule has 0 saturated heterocycles. The van der Waals surface area contributed by atoms with Gasteiger partial charge in [0.05, 0.1) is 6.42 Å². The third-order valence-electron chi connectivity index (χ3n) is 2.75. The molecule has 0 saturated carbocycles. The molecule has 2 N–H and O–H groups in total. The van der Waals surface area contributed by atoms with Gasteiger partial charge in [0.2, 0.25) is 11.7 Å². The number of nitrogen functional groups attached to an aromatic ring is 1. The van der Waals surface area contributed by atoms with E-state index < -0.39 is 0 Å². The lowest BCUT2D eigenvalue weighted by Gasteiger charge is -1.96. The first-order valence-corrected chi connectivity index (χ1v) is 5.88. The third-order valence-corrected chi connectivity index (χ3v) is 2.75. The predicted molar refractivity (Wildman–Crippen MR) is 70.2 cm³/mol. The molecule has 0 radical (unpaired) electrons. The minimum Gasteiger partial charge on any atom is -0.399 e. The maximum Gasteiger partial charge on any atom is 0.231 e. The number of nitrogens with two attached hydrogens (primary N) is 1. The Bertz CT molecular complexity index is 683. The highest BCUT2D eigenvalue weighted by Crippen LogP contribution is 2.15. The van der Waals surface area contributed by atoms with E-state index in [1.165, 1.54) is 0 Å². The molecule has 19 heavy (non-hydrogen) atoms. The molecule has 96 valence electrons. The zero-order valence-electron chi connectivity index (χ0n) is 10.4. The average molecular weight is 255 g/mol. The van der Waals surface area contributed by atoms with Crippen molar-refractivity contribution in [2.24, 2.45) is 7.05 Å². The monoisotopic (exact) mass is 255 g/mol. The van der Waals surface area contributed by atoms with Crippen molar-refractivity contribution in [3.63, 3.8) is 0 Å². The number of benzene rings is 1. The largest absolute Gasteiger partial charge is 0.399 e. The zero-order chi connectivity index (χ0) is 13.2. The highest BCUT2D eigenvalue weighted by atomic mass is 16.5. The number of hydrogen-bond acceptors (Lipinski definition) is 5. The smallest absolute Gasteiger partial charge is 0.231 e. The van der Waals surface area contributed by atoms with Crippen LogP contribution in [0, 0.1) is 0 Å². The number of hydrogen-bond donors (Lipinski definition) is 1. The van der Waals surface area contributed by atoms with E-state index in [2.05, 4.69) is 15.2 Å². The molecule has 1 aromatic carbocycles. The van der Waals surface area contributed by atoms with E-state index in [-0.39, 0.29) is 0 Å². The molecule has 6 heteroatoms. The maximum absolute atomic E-state index is 5.64. The van der Waals surface area contributed by atoms with Crippen LogP contribution >= 0.6 is 0 Å². The van der Waals surface area contributed by atoms with Gasteiger partial charge in [0.25, 0.3) is 0 Å². The SMILES string of the molecule is Cn1ccc(-c2noc(Cc3ccc(N)cc3)n2)n1. The van der Waals surface area contributed by atoms with Gasteiger partial charge in [-0.3, -0.25) is 4.68 Å². The Labute approximate surface area is 109 Å². The quantitative estimate of drug-likeness (QED) is 0.719. The van der Waals surface area contributed by atoms with Gasteiger partial charge >= 0.3 is 0 Å². The topological polar surface area (TPSA) is 82.8 Å². The fraction of sp³-hybridized carbons (Fsp3) is 0.154. The molecule has 6 nitrogen and oxygen atoms in total. The normalized spacial score (nSPS) is 10.8. The fourth-order valence-corrected chi connectivity index (χ4v) is 1.78. The average Bonchev–Trinajstić information content (AvgIpc) is 3.01. The van der Waals surface area contributed by atoms with Crippen LogP contribution < -0.4 is 5.73 Å². The van der Waals surface area contributed by atoms with Crippen LogP contribution in [0.1, 0.15) is 11.5 Å². The molecule has 2 heterocycles. The van der Waals surface area contributed by atoms with Crippen LogP contribution in [0.15, 0.2) is 41.1 Å². The standard InChI is InChI=1S/C13H13N5O/c1-18-7-6-11(16-18)13-15-12(19-17-13)8-9-2-4-10(14)5-3-9/h2-7H,8,14H2,1H3. The molecule has 0 spiro atoms. The van der Waals surface area contributed by atoms with Gasteiger partial charge in [-0.15, -0.1) is 0 Å². The Hall–Kier alpha value is -2.63. The molecule has 0 amide bonds. The van der Waals surface area contributed by atoms with Crippen molar-refractivity contribution in [1.82, 2.24) is 19.9 Å². The first-order chi connectivity index (χ1) is 9.20. The second kappa shape index (κ2) is 4.56. The van der Waals surface area contributed by atoms with Crippen LogP contribution in [0.2, 0.25) is 0 Å². The van der Waals surface area contributed by atoms with Crippen LogP contribution in [0.4, 0.5) is 5.69 Å². The number of anilines is 1. The summed E-state index contributed by atoms with van der Waals surface area (Å²) in [6.07, 6.45) is 2.42. The van der Waals surface area contributed by atoms with Gasteiger partial charge < -0.3 is 10.3 Å². The van der Waals surface area contributed by atoms with E-state index in [0.29, 0.717) is 23.8 Å². The number of rotatable bonds is 3. The number of aromatic nitrogens is 4. The maximum atomic E-state index is 5.64. The lowest BCUT2D eigenvalue weighted by Crippen LogP contribution is -1.91. The highest BCUT2D eigenvalue weighted by molar-refractivity contribution is 5.47. The lowest BCUT2D eigenvalue weighted by atomic mass is 10.1. The van der Waals surface area contributed by atoms with Crippen molar-refractivity contribution >= 4 is 5.69 Å². The molecular formula is C13H13N5O. The highest BCUT2D eigenvalue weighted by Gasteiger charge is 2.11. The van der Waals surface area contributed by atoms with E-state index in [4.69, 9.17) is 10.3 Å². The summed E-state index contributed by atoms with van der Waals surface area (Å²) in [5.74, 6) is 1.07. The number of aryl methyl sites for hydroxylation is 1. The molecule has 0 fully saturated rings. The van der Waals surface area contributed by atoms with Gasteiger partial charge in [-0.1, -0.05) is 17.3 Å². The molecule has 0 aliphatic rings. The Morgan fingerprint density at radius 3 is 2.68 bits per heavy atom. The Morgan fingerprint density at radius 1 is 1.21 bits per heavy atom. The molecule has 0 atom stereocenters. The summed E-state index contributed by atoms with van der Waals surface area (Å²) in [5.41, 5.74) is 8.16. The molecule has 0 aliphatic heterocycles. The van der Waals surface area contributed by atoms with Gasteiger partial charge in [0, 0.05) is 18.9 Å². The van der Waals surface area contributed by atoms with Crippen LogP contribution in [-0.4, -0.2) is 19.9 Å². The minimum absolute atomic E-state index is 0.506. The molecule has 3 aromatic rings. The van der Waals surface area contributed by atoms with Crippen molar-refractivity contribution in [2.75, 3.05) is 5.73 Å². The molecule has 0 bridgehead atoms. The second-order valence-electron chi connectivity index (χ2n) is 4.30. The van der Waals surface area contributed by atoms with Gasteiger partial charge in [0.1, 0.15) is 5.69 Å². The van der Waals surface area contributed by atoms with E-state index in [1.807, 2.05) is 43.6 Å². The number of nitrogens with zero attached hydrogens (tertiary/aromatic N) is 4. The van der Waals surface area contributed by atoms with Gasteiger partial charge in [-0.05, 0) is 23.8 Å². The third kappa shape index (κ3) is 2.47. The molecule has 2 aromatic heterocycles. The zero-order valence-corrected chi connectivity index (χ0v) is 10.4. The minimum atomic E-state index is 0.506. The van der Waals surface area contributed by atoms with E-state index in [9.17, 15) is 0 Å². The summed E-state index contributed by atoms with van der Waals surface area (Å²) >= 11 is 0. The van der Waals surface area contributed by atoms with Crippen LogP contribution in [0.25, 0.3) is 11.5 Å². The summed E-state index contributed by atoms with van der Waals surface area (Å²) in [5, 5.41) is 8.15. The van der Waals surface area contributed by atoms with Crippen LogP contribution in [0.5, 0.6) is 0 Å². The Kier molecular flexibility index (Phi) is 2.75. The molecular weight excluding hydrogens is 242 g/mol. The first-order valence-electron chi connectivity index (χ1n) is 5.88. The second-order valence-corrected chi connectivity index (χ2v) is 4.30. The van der Waals surface area contributed by atoms with Crippen molar-refractivity contribution in [3.8, 4) is 11.5 Å². The van der Waals surface area contributed by atoms with Crippen molar-refractivity contribution in [2.45, 2.75) is 6.42 Å². The molecule has 0 unspecified atom stereocenters. The van der Waals surface area contributed by atoms with Crippen molar-refractivity contribution in [1.29, 1.82) is 0 Å². The Balaban J connectivity index is 1.80. The van der Waals surface area contributed by atoms with Gasteiger partial charge in [-0.2, -0.15) is 10.1 Å². The summed E-state index contributed by atoms with van der Waals surface area (Å²) in [6, 6.07) is 9.44. The van der Waals surface area contributed by atoms with E-state index in [1.54, 1.807) is 4.68 Å². The van der Waals surface area contributed by atoms with Crippen LogP contribution in [-0.2, 0) is 13.5 Å². The van der Waals surface area contributed by atoms with Crippen LogP contribution in [0.3, 0.4) is 0 Å². The summed E-state index contributed by atoms with van der Waals surface area (Å²) in [6.45, 7) is 0. The Morgan fingerprint density at radius 2 is 2.00 bits per heavy atom. The lowest BCUT2D eigenvalue weighted by molar-refractivity contribution is 0.385. The van der Waals surface area contributed by atoms with Crippen molar-refractivity contribution < 1.29 is 4.52 Å². The van der Waals surface area contributed by atoms with Gasteiger partial charge in [-0.25, -0.2) is 0 Å². The van der Waals surface area contributed by atoms with E-state index >= 15 is 0 Å². The summed E-state index contributed by atoms with van der Waals surface area (Å²) in [4.78, 5) is 4.33. The molecule has 0 aliphatic carbocycles. The fourth-order valence-electron chi connectivity index (χ4n) is 1.78. The predicted octanol–water partition coefficient (Wildman–Crippen LogP) is 1.64. The molecule has 3 rings (SSSR count). The summed E-state index contributed by atoms with van der Waals surface area (Å²) in [7, 11) is 1.85. The van der Waals surface area contributed by atoms with Gasteiger partial charge in [0.15, 0.2) is 0 Å². The first kappa shape index (κ1) is 11.5. The van der Waals surface area contributed by atoms with Crippen molar-refractivity contribution in [3.05, 3.63) is 48.0 Å². The summed E-state index contributed by atoms with van der Waals surface area (Å²) < 4.78 is 6.92.